The molecule has 3 heterocycles. The molecule has 0 unspecified atom stereocenters. The largest absolute Gasteiger partial charge is 0.318 e. The van der Waals surface area contributed by atoms with Gasteiger partial charge in [-0.1, -0.05) is 23.4 Å². The third-order valence-electron chi connectivity index (χ3n) is 2.25. The third-order valence-corrected chi connectivity index (χ3v) is 3.05. The van der Waals surface area contributed by atoms with Crippen molar-refractivity contribution in [1.82, 2.24) is 29.1 Å². The van der Waals surface area contributed by atoms with Gasteiger partial charge in [0.05, 0.1) is 6.33 Å². The number of hydrogen-bond acceptors (Lipinski definition) is 5. The van der Waals surface area contributed by atoms with Crippen LogP contribution in [0.3, 0.4) is 0 Å². The van der Waals surface area contributed by atoms with Gasteiger partial charge in [-0.2, -0.15) is 14.5 Å². The Morgan fingerprint density at radius 1 is 1.38 bits per heavy atom. The van der Waals surface area contributed by atoms with Crippen LogP contribution in [0.1, 0.15) is 0 Å². The van der Waals surface area contributed by atoms with Crippen LogP contribution in [0.25, 0.3) is 16.9 Å². The minimum atomic E-state index is 0.350. The molecule has 0 bridgehead atoms. The highest BCUT2D eigenvalue weighted by molar-refractivity contribution is 7.98. The molecule has 0 spiro atoms. The van der Waals surface area contributed by atoms with Gasteiger partial charge in [0, 0.05) is 7.05 Å². The summed E-state index contributed by atoms with van der Waals surface area (Å²) in [6, 6.07) is 0. The zero-order valence-corrected chi connectivity index (χ0v) is 10.1. The Balaban J connectivity index is 2.55. The first kappa shape index (κ1) is 9.86. The monoisotopic (exact) mass is 254 g/mol. The van der Waals surface area contributed by atoms with Crippen LogP contribution in [0.15, 0.2) is 11.5 Å². The maximum absolute atomic E-state index is 6.03. The molecule has 6 nitrogen and oxygen atoms in total. The van der Waals surface area contributed by atoms with E-state index >= 15 is 0 Å². The Labute approximate surface area is 99.7 Å². The van der Waals surface area contributed by atoms with Gasteiger partial charge in [0.2, 0.25) is 5.16 Å². The number of imidazole rings is 1. The average Bonchev–Trinajstić information content (AvgIpc) is 2.82. The molecule has 0 aliphatic carbocycles. The van der Waals surface area contributed by atoms with Crippen LogP contribution in [0.4, 0.5) is 0 Å². The molecule has 3 rings (SSSR count). The van der Waals surface area contributed by atoms with E-state index in [1.54, 1.807) is 10.8 Å². The maximum Gasteiger partial charge on any atom is 0.256 e. The molecule has 8 heteroatoms. The van der Waals surface area contributed by atoms with Crippen molar-refractivity contribution < 1.29 is 0 Å². The number of halogens is 1. The predicted molar refractivity (Wildman–Crippen MR) is 61.8 cm³/mol. The molecule has 16 heavy (non-hydrogen) atoms. The van der Waals surface area contributed by atoms with Crippen LogP contribution < -0.4 is 0 Å². The number of fused-ring (bicyclic) bond motifs is 3. The van der Waals surface area contributed by atoms with Gasteiger partial charge in [-0.3, -0.25) is 0 Å². The van der Waals surface area contributed by atoms with E-state index in [4.69, 9.17) is 11.6 Å². The lowest BCUT2D eigenvalue weighted by Crippen LogP contribution is -1.98. The van der Waals surface area contributed by atoms with Crippen molar-refractivity contribution in [3.8, 4) is 0 Å². The highest BCUT2D eigenvalue weighted by Crippen LogP contribution is 2.21. The predicted octanol–water partition coefficient (Wildman–Crippen LogP) is 1.39. The van der Waals surface area contributed by atoms with Crippen LogP contribution in [0, 0.1) is 0 Å². The Hall–Kier alpha value is -1.34. The summed E-state index contributed by atoms with van der Waals surface area (Å²) in [5, 5.41) is 5.33. The van der Waals surface area contributed by atoms with Crippen molar-refractivity contribution in [3.63, 3.8) is 0 Å². The Morgan fingerprint density at radius 2 is 2.19 bits per heavy atom. The van der Waals surface area contributed by atoms with E-state index in [0.29, 0.717) is 21.6 Å². The molecule has 0 radical (unpaired) electrons. The van der Waals surface area contributed by atoms with Crippen LogP contribution in [0.2, 0.25) is 5.15 Å². The SMILES string of the molecule is CSc1nc2nc(Cl)c3ncn(C)c3n2n1. The lowest BCUT2D eigenvalue weighted by Gasteiger charge is -1.97. The second-order valence-corrected chi connectivity index (χ2v) is 4.37. The maximum atomic E-state index is 6.03. The van der Waals surface area contributed by atoms with E-state index in [0.717, 1.165) is 5.65 Å². The first-order chi connectivity index (χ1) is 7.70. The van der Waals surface area contributed by atoms with Crippen molar-refractivity contribution in [2.24, 2.45) is 7.05 Å². The molecule has 0 aromatic carbocycles. The molecule has 3 aromatic rings. The van der Waals surface area contributed by atoms with Crippen molar-refractivity contribution >= 4 is 40.3 Å². The van der Waals surface area contributed by atoms with Gasteiger partial charge < -0.3 is 4.57 Å². The van der Waals surface area contributed by atoms with E-state index in [-0.39, 0.29) is 0 Å². The lowest BCUT2D eigenvalue weighted by molar-refractivity contribution is 0.849. The summed E-state index contributed by atoms with van der Waals surface area (Å²) < 4.78 is 3.49. The number of nitrogens with zero attached hydrogens (tertiary/aromatic N) is 6. The summed E-state index contributed by atoms with van der Waals surface area (Å²) in [5.74, 6) is 0.491. The first-order valence-corrected chi connectivity index (χ1v) is 6.08. The second kappa shape index (κ2) is 3.33. The van der Waals surface area contributed by atoms with Crippen LogP contribution in [0.5, 0.6) is 0 Å². The Morgan fingerprint density at radius 3 is 2.94 bits per heavy atom. The van der Waals surface area contributed by atoms with Crippen LogP contribution in [-0.2, 0) is 7.05 Å². The zero-order chi connectivity index (χ0) is 11.3. The van der Waals surface area contributed by atoms with Crippen LogP contribution >= 0.6 is 23.4 Å². The minimum Gasteiger partial charge on any atom is -0.318 e. The number of rotatable bonds is 1. The van der Waals surface area contributed by atoms with Gasteiger partial charge >= 0.3 is 0 Å². The van der Waals surface area contributed by atoms with Crippen molar-refractivity contribution in [2.45, 2.75) is 5.16 Å². The lowest BCUT2D eigenvalue weighted by atomic mass is 10.5. The molecule has 0 N–H and O–H groups in total. The highest BCUT2D eigenvalue weighted by Gasteiger charge is 2.14. The van der Waals surface area contributed by atoms with Gasteiger partial charge in [0.1, 0.15) is 5.52 Å². The second-order valence-electron chi connectivity index (χ2n) is 3.24. The van der Waals surface area contributed by atoms with Gasteiger partial charge in [0.25, 0.3) is 5.78 Å². The zero-order valence-electron chi connectivity index (χ0n) is 8.55. The normalized spacial score (nSPS) is 11.7. The summed E-state index contributed by atoms with van der Waals surface area (Å²) in [7, 11) is 1.88. The number of thioether (sulfide) groups is 1. The molecule has 0 saturated heterocycles. The highest BCUT2D eigenvalue weighted by atomic mass is 35.5. The van der Waals surface area contributed by atoms with E-state index < -0.39 is 0 Å². The van der Waals surface area contributed by atoms with Gasteiger partial charge in [0.15, 0.2) is 10.8 Å². The molecule has 0 fully saturated rings. The summed E-state index contributed by atoms with van der Waals surface area (Å²) in [6.45, 7) is 0. The Kier molecular flexibility index (Phi) is 2.05. The van der Waals surface area contributed by atoms with Gasteiger partial charge in [-0.05, 0) is 6.26 Å². The van der Waals surface area contributed by atoms with E-state index in [9.17, 15) is 0 Å². The average molecular weight is 255 g/mol. The van der Waals surface area contributed by atoms with Gasteiger partial charge in [-0.15, -0.1) is 5.10 Å². The Bertz CT molecular complexity index is 687. The molecule has 0 aliphatic heterocycles. The fourth-order valence-corrected chi connectivity index (χ4v) is 2.09. The quantitative estimate of drug-likeness (QED) is 0.485. The minimum absolute atomic E-state index is 0.350. The van der Waals surface area contributed by atoms with E-state index in [2.05, 4.69) is 20.1 Å². The van der Waals surface area contributed by atoms with Crippen molar-refractivity contribution in [1.29, 1.82) is 0 Å². The number of aryl methyl sites for hydroxylation is 1. The van der Waals surface area contributed by atoms with Crippen LogP contribution in [-0.4, -0.2) is 35.4 Å². The molecule has 0 saturated carbocycles. The molecule has 82 valence electrons. The van der Waals surface area contributed by atoms with Crippen molar-refractivity contribution in [3.05, 3.63) is 11.5 Å². The topological polar surface area (TPSA) is 60.9 Å². The molecule has 3 aromatic heterocycles. The summed E-state index contributed by atoms with van der Waals surface area (Å²) >= 11 is 7.49. The third kappa shape index (κ3) is 1.21. The summed E-state index contributed by atoms with van der Waals surface area (Å²) in [4.78, 5) is 12.6. The fraction of sp³-hybridized carbons (Fsp3) is 0.250. The summed E-state index contributed by atoms with van der Waals surface area (Å²) in [6.07, 6.45) is 3.59. The molecular weight excluding hydrogens is 248 g/mol. The van der Waals surface area contributed by atoms with E-state index in [1.807, 2.05) is 17.9 Å². The number of hydrogen-bond donors (Lipinski definition) is 0. The number of aromatic nitrogens is 6. The molecule has 0 amide bonds. The molecule has 0 atom stereocenters. The van der Waals surface area contributed by atoms with Crippen molar-refractivity contribution in [2.75, 3.05) is 6.26 Å². The standard InChI is InChI=1S/C8H7ClN6S/c1-14-3-10-4-5(9)11-7-12-8(16-2)13-15(7)6(4)14/h3H,1-2H3. The fourth-order valence-electron chi connectivity index (χ4n) is 1.55. The van der Waals surface area contributed by atoms with E-state index in [1.165, 1.54) is 11.8 Å². The molecule has 0 aliphatic rings. The van der Waals surface area contributed by atoms with Gasteiger partial charge in [-0.25, -0.2) is 4.98 Å². The first-order valence-electron chi connectivity index (χ1n) is 4.48. The summed E-state index contributed by atoms with van der Waals surface area (Å²) in [5.41, 5.74) is 1.43. The molecular formula is C8H7ClN6S. The smallest absolute Gasteiger partial charge is 0.256 e.